The molecule has 5 rings (SSSR count). The smallest absolute Gasteiger partial charge is 0.0482 e. The van der Waals surface area contributed by atoms with Crippen molar-refractivity contribution in [3.05, 3.63) is 120 Å². The van der Waals surface area contributed by atoms with Crippen LogP contribution in [-0.4, -0.2) is 9.97 Å². The fraction of sp³-hybridized carbons (Fsp3) is 0.176. The van der Waals surface area contributed by atoms with Crippen LogP contribution in [0.15, 0.2) is 97.3 Å². The molecule has 0 spiro atoms. The van der Waals surface area contributed by atoms with Crippen LogP contribution in [0, 0.1) is 23.7 Å². The number of hydrogen-bond acceptors (Lipinski definition) is 2. The molecular weight excluding hydrogens is 436 g/mol. The second kappa shape index (κ2) is 11.8. The minimum Gasteiger partial charge on any atom is -0.261 e. The summed E-state index contributed by atoms with van der Waals surface area (Å²) in [5.41, 5.74) is 4.35. The van der Waals surface area contributed by atoms with Crippen molar-refractivity contribution >= 4 is 21.5 Å². The molecule has 0 atom stereocenters. The molecule has 0 fully saturated rings. The highest BCUT2D eigenvalue weighted by Gasteiger charge is 2.02. The molecule has 2 heteroatoms. The Morgan fingerprint density at radius 2 is 1.03 bits per heavy atom. The number of unbranched alkanes of at least 4 members (excludes halogenated alkanes) is 2. The Morgan fingerprint density at radius 3 is 1.56 bits per heavy atom. The number of pyridine rings is 2. The van der Waals surface area contributed by atoms with E-state index in [4.69, 9.17) is 0 Å². The molecule has 0 N–H and O–H groups in total. The van der Waals surface area contributed by atoms with Crippen LogP contribution in [0.1, 0.15) is 48.2 Å². The molecule has 0 aliphatic rings. The minimum absolute atomic E-state index is 0.850. The molecule has 0 radical (unpaired) electrons. The third-order valence-electron chi connectivity index (χ3n) is 6.27. The molecule has 174 valence electrons. The van der Waals surface area contributed by atoms with E-state index in [1.807, 2.05) is 18.5 Å². The average Bonchev–Trinajstić information content (AvgIpc) is 2.93. The molecule has 5 aromatic rings. The van der Waals surface area contributed by atoms with Gasteiger partial charge >= 0.3 is 0 Å². The van der Waals surface area contributed by atoms with Crippen LogP contribution in [0.4, 0.5) is 0 Å². The van der Waals surface area contributed by atoms with Gasteiger partial charge in [-0.2, -0.15) is 0 Å². The summed E-state index contributed by atoms with van der Waals surface area (Å²) in [5, 5.41) is 4.98. The third-order valence-corrected chi connectivity index (χ3v) is 6.27. The van der Waals surface area contributed by atoms with Gasteiger partial charge in [0.25, 0.3) is 0 Å². The van der Waals surface area contributed by atoms with Crippen molar-refractivity contribution in [3.8, 4) is 23.7 Å². The van der Waals surface area contributed by atoms with Crippen LogP contribution in [0.25, 0.3) is 21.5 Å². The summed E-state index contributed by atoms with van der Waals surface area (Å²) in [4.78, 5) is 9.16. The number of fused-ring (bicyclic) bond motifs is 2. The Balaban J connectivity index is 1.11. The molecule has 2 aromatic heterocycles. The van der Waals surface area contributed by atoms with Crippen molar-refractivity contribution in [2.75, 3.05) is 0 Å². The average molecular weight is 465 g/mol. The lowest BCUT2D eigenvalue weighted by molar-refractivity contribution is 0.838. The summed E-state index contributed by atoms with van der Waals surface area (Å²) in [7, 11) is 0. The van der Waals surface area contributed by atoms with Crippen LogP contribution in [-0.2, 0) is 12.8 Å². The Morgan fingerprint density at radius 1 is 0.528 bits per heavy atom. The molecular formula is C34H28N2. The van der Waals surface area contributed by atoms with Crippen LogP contribution < -0.4 is 0 Å². The first-order valence-electron chi connectivity index (χ1n) is 12.6. The van der Waals surface area contributed by atoms with E-state index in [1.54, 1.807) is 0 Å². The van der Waals surface area contributed by atoms with Gasteiger partial charge in [0, 0.05) is 58.5 Å². The highest BCUT2D eigenvalue weighted by molar-refractivity contribution is 5.84. The Kier molecular flexibility index (Phi) is 7.67. The SMILES string of the molecule is C(#Cc1cccc(C#CCCCc2nccc3ccccc23)c1)CCCc1nccc2ccccc12. The maximum absolute atomic E-state index is 4.58. The summed E-state index contributed by atoms with van der Waals surface area (Å²) < 4.78 is 0. The Bertz CT molecular complexity index is 1480. The van der Waals surface area contributed by atoms with E-state index in [0.29, 0.717) is 0 Å². The van der Waals surface area contributed by atoms with Crippen molar-refractivity contribution in [2.24, 2.45) is 0 Å². The summed E-state index contributed by atoms with van der Waals surface area (Å²) in [5.74, 6) is 13.3. The van der Waals surface area contributed by atoms with E-state index < -0.39 is 0 Å². The standard InChI is InChI=1S/C34H28N2/c1(5-20-33-31-18-9-7-16-29(31)22-24-35-33)3-12-27-14-11-15-28(26-27)13-4-2-6-21-34-32-19-10-8-17-30(32)23-25-36-34/h7-11,14-19,22-26H,1-2,5-6,20-21H2. The number of benzene rings is 3. The van der Waals surface area contributed by atoms with Gasteiger partial charge in [0.1, 0.15) is 0 Å². The van der Waals surface area contributed by atoms with Gasteiger partial charge in [0.15, 0.2) is 0 Å². The number of hydrogen-bond donors (Lipinski definition) is 0. The lowest BCUT2D eigenvalue weighted by Gasteiger charge is -2.03. The lowest BCUT2D eigenvalue weighted by Crippen LogP contribution is -1.91. The summed E-state index contributed by atoms with van der Waals surface area (Å²) in [6.07, 6.45) is 9.38. The van der Waals surface area contributed by atoms with Crippen LogP contribution >= 0.6 is 0 Å². The van der Waals surface area contributed by atoms with E-state index in [1.165, 1.54) is 21.5 Å². The highest BCUT2D eigenvalue weighted by atomic mass is 14.7. The van der Waals surface area contributed by atoms with Crippen molar-refractivity contribution in [1.82, 2.24) is 9.97 Å². The maximum Gasteiger partial charge on any atom is 0.0482 e. The van der Waals surface area contributed by atoms with Gasteiger partial charge in [-0.25, -0.2) is 0 Å². The maximum atomic E-state index is 4.58. The van der Waals surface area contributed by atoms with E-state index >= 15 is 0 Å². The fourth-order valence-corrected chi connectivity index (χ4v) is 4.46. The Labute approximate surface area is 213 Å². The van der Waals surface area contributed by atoms with Gasteiger partial charge in [-0.3, -0.25) is 9.97 Å². The zero-order chi connectivity index (χ0) is 24.4. The normalized spacial score (nSPS) is 10.4. The molecule has 0 amide bonds. The van der Waals surface area contributed by atoms with Crippen molar-refractivity contribution in [3.63, 3.8) is 0 Å². The predicted molar refractivity (Wildman–Crippen MR) is 150 cm³/mol. The molecule has 2 nitrogen and oxygen atoms in total. The van der Waals surface area contributed by atoms with Gasteiger partial charge in [0.05, 0.1) is 0 Å². The number of rotatable bonds is 6. The second-order valence-electron chi connectivity index (χ2n) is 8.85. The molecule has 36 heavy (non-hydrogen) atoms. The highest BCUT2D eigenvalue weighted by Crippen LogP contribution is 2.19. The zero-order valence-electron chi connectivity index (χ0n) is 20.4. The second-order valence-corrected chi connectivity index (χ2v) is 8.85. The van der Waals surface area contributed by atoms with Crippen LogP contribution in [0.3, 0.4) is 0 Å². The predicted octanol–water partition coefficient (Wildman–Crippen LogP) is 7.53. The van der Waals surface area contributed by atoms with E-state index in [-0.39, 0.29) is 0 Å². The molecule has 0 bridgehead atoms. The molecule has 0 aliphatic carbocycles. The van der Waals surface area contributed by atoms with Crippen molar-refractivity contribution in [1.29, 1.82) is 0 Å². The lowest BCUT2D eigenvalue weighted by atomic mass is 10.1. The van der Waals surface area contributed by atoms with Gasteiger partial charge in [0.2, 0.25) is 0 Å². The van der Waals surface area contributed by atoms with Crippen molar-refractivity contribution < 1.29 is 0 Å². The molecule has 0 unspecified atom stereocenters. The van der Waals surface area contributed by atoms with Gasteiger partial charge in [-0.1, -0.05) is 78.3 Å². The first-order valence-corrected chi connectivity index (χ1v) is 12.6. The van der Waals surface area contributed by atoms with Crippen molar-refractivity contribution in [2.45, 2.75) is 38.5 Å². The largest absolute Gasteiger partial charge is 0.261 e. The summed E-state index contributed by atoms with van der Waals surface area (Å²) >= 11 is 0. The van der Waals surface area contributed by atoms with Gasteiger partial charge in [-0.15, -0.1) is 0 Å². The third kappa shape index (κ3) is 5.99. The first kappa shape index (κ1) is 23.3. The number of nitrogens with zero attached hydrogens (tertiary/aromatic N) is 2. The van der Waals surface area contributed by atoms with E-state index in [0.717, 1.165) is 61.0 Å². The topological polar surface area (TPSA) is 25.8 Å². The minimum atomic E-state index is 0.850. The number of aryl methyl sites for hydroxylation is 2. The van der Waals surface area contributed by atoms with E-state index in [9.17, 15) is 0 Å². The van der Waals surface area contributed by atoms with E-state index in [2.05, 4.69) is 113 Å². The fourth-order valence-electron chi connectivity index (χ4n) is 4.46. The summed E-state index contributed by atoms with van der Waals surface area (Å²) in [6, 6.07) is 29.2. The summed E-state index contributed by atoms with van der Waals surface area (Å²) in [6.45, 7) is 0. The molecule has 0 saturated carbocycles. The zero-order valence-corrected chi connectivity index (χ0v) is 20.4. The molecule has 3 aromatic carbocycles. The Hall–Kier alpha value is -4.40. The van der Waals surface area contributed by atoms with Crippen LogP contribution in [0.5, 0.6) is 0 Å². The van der Waals surface area contributed by atoms with Gasteiger partial charge in [-0.05, 0) is 66.8 Å². The quantitative estimate of drug-likeness (QED) is 0.192. The van der Waals surface area contributed by atoms with Gasteiger partial charge < -0.3 is 0 Å². The molecule has 2 heterocycles. The van der Waals surface area contributed by atoms with Crippen LogP contribution in [0.2, 0.25) is 0 Å². The molecule has 0 saturated heterocycles. The molecule has 0 aliphatic heterocycles. The monoisotopic (exact) mass is 464 g/mol. The first-order chi connectivity index (χ1) is 17.9. The number of aromatic nitrogens is 2.